The molecule has 5 heteroatoms. The molecule has 1 aliphatic carbocycles. The highest BCUT2D eigenvalue weighted by molar-refractivity contribution is 5.23. The largest absolute Gasteiger partial charge is 0.368 e. The molecule has 21 heavy (non-hydrogen) atoms. The standard InChI is InChI=1S/C16H19FN4/c17-13-8-4-5-11(9-13)10-14-19-15(21-16(18)20-14)12-6-2-1-3-7-12/h4-5,8-9,12H,1-3,6-7,10H2,(H2,18,19,20,21). The van der Waals surface area contributed by atoms with E-state index in [0.29, 0.717) is 18.2 Å². The topological polar surface area (TPSA) is 64.7 Å². The van der Waals surface area contributed by atoms with Gasteiger partial charge >= 0.3 is 0 Å². The average molecular weight is 286 g/mol. The van der Waals surface area contributed by atoms with Crippen LogP contribution < -0.4 is 5.73 Å². The molecule has 4 nitrogen and oxygen atoms in total. The normalized spacial score (nSPS) is 16.0. The van der Waals surface area contributed by atoms with Crippen molar-refractivity contribution in [1.82, 2.24) is 15.0 Å². The molecule has 1 aromatic carbocycles. The molecule has 0 aliphatic heterocycles. The molecule has 1 aromatic heterocycles. The van der Waals surface area contributed by atoms with E-state index in [0.717, 1.165) is 24.2 Å². The summed E-state index contributed by atoms with van der Waals surface area (Å²) in [6.07, 6.45) is 6.42. The maximum Gasteiger partial charge on any atom is 0.223 e. The number of hydrogen-bond acceptors (Lipinski definition) is 4. The van der Waals surface area contributed by atoms with E-state index in [1.54, 1.807) is 6.07 Å². The lowest BCUT2D eigenvalue weighted by Crippen LogP contribution is -2.13. The predicted octanol–water partition coefficient (Wildman–Crippen LogP) is 3.23. The second-order valence-electron chi connectivity index (χ2n) is 5.61. The van der Waals surface area contributed by atoms with Gasteiger partial charge in [0.1, 0.15) is 17.5 Å². The number of halogens is 1. The second-order valence-corrected chi connectivity index (χ2v) is 5.61. The van der Waals surface area contributed by atoms with Crippen LogP contribution in [0.2, 0.25) is 0 Å². The molecule has 110 valence electrons. The van der Waals surface area contributed by atoms with Gasteiger partial charge in [0.25, 0.3) is 0 Å². The summed E-state index contributed by atoms with van der Waals surface area (Å²) in [6.45, 7) is 0. The van der Waals surface area contributed by atoms with Crippen molar-refractivity contribution in [2.45, 2.75) is 44.4 Å². The van der Waals surface area contributed by atoms with Crippen LogP contribution in [-0.2, 0) is 6.42 Å². The van der Waals surface area contributed by atoms with Crippen LogP contribution in [-0.4, -0.2) is 15.0 Å². The number of nitrogens with zero attached hydrogens (tertiary/aromatic N) is 3. The van der Waals surface area contributed by atoms with Gasteiger partial charge in [0.15, 0.2) is 0 Å². The molecule has 1 fully saturated rings. The van der Waals surface area contributed by atoms with Crippen molar-refractivity contribution in [3.63, 3.8) is 0 Å². The minimum absolute atomic E-state index is 0.248. The molecule has 0 unspecified atom stereocenters. The first kappa shape index (κ1) is 13.9. The van der Waals surface area contributed by atoms with E-state index in [9.17, 15) is 4.39 Å². The smallest absolute Gasteiger partial charge is 0.223 e. The van der Waals surface area contributed by atoms with Crippen LogP contribution in [0.1, 0.15) is 55.2 Å². The van der Waals surface area contributed by atoms with E-state index in [4.69, 9.17) is 5.73 Å². The van der Waals surface area contributed by atoms with Gasteiger partial charge in [-0.15, -0.1) is 0 Å². The summed E-state index contributed by atoms with van der Waals surface area (Å²) in [7, 11) is 0. The number of rotatable bonds is 3. The molecule has 0 bridgehead atoms. The molecular weight excluding hydrogens is 267 g/mol. The molecule has 3 rings (SSSR count). The van der Waals surface area contributed by atoms with Gasteiger partial charge in [-0.2, -0.15) is 9.97 Å². The van der Waals surface area contributed by atoms with E-state index in [1.807, 2.05) is 6.07 Å². The number of nitrogen functional groups attached to an aromatic ring is 1. The third kappa shape index (κ3) is 3.54. The Hall–Kier alpha value is -2.04. The van der Waals surface area contributed by atoms with E-state index in [2.05, 4.69) is 15.0 Å². The van der Waals surface area contributed by atoms with Crippen LogP contribution >= 0.6 is 0 Å². The van der Waals surface area contributed by atoms with Gasteiger partial charge in [-0.3, -0.25) is 0 Å². The van der Waals surface area contributed by atoms with E-state index >= 15 is 0 Å². The summed E-state index contributed by atoms with van der Waals surface area (Å²) in [6, 6.07) is 6.49. The lowest BCUT2D eigenvalue weighted by Gasteiger charge is -2.20. The lowest BCUT2D eigenvalue weighted by molar-refractivity contribution is 0.427. The van der Waals surface area contributed by atoms with Gasteiger partial charge in [-0.25, -0.2) is 9.37 Å². The Bertz CT molecular complexity index is 623. The molecule has 1 heterocycles. The third-order valence-corrected chi connectivity index (χ3v) is 3.94. The Morgan fingerprint density at radius 3 is 2.67 bits per heavy atom. The van der Waals surface area contributed by atoms with Gasteiger partial charge in [0.05, 0.1) is 0 Å². The summed E-state index contributed by atoms with van der Waals surface area (Å²) in [5.41, 5.74) is 6.66. The van der Waals surface area contributed by atoms with Gasteiger partial charge in [-0.05, 0) is 30.5 Å². The van der Waals surface area contributed by atoms with Crippen molar-refractivity contribution in [2.24, 2.45) is 0 Å². The van der Waals surface area contributed by atoms with Crippen LogP contribution in [0.4, 0.5) is 10.3 Å². The Kier molecular flexibility index (Phi) is 4.08. The molecule has 0 amide bonds. The first-order valence-electron chi connectivity index (χ1n) is 7.45. The number of anilines is 1. The van der Waals surface area contributed by atoms with Crippen LogP contribution in [0.25, 0.3) is 0 Å². The highest BCUT2D eigenvalue weighted by Crippen LogP contribution is 2.30. The van der Waals surface area contributed by atoms with Gasteiger partial charge in [-0.1, -0.05) is 31.4 Å². The van der Waals surface area contributed by atoms with Gasteiger partial charge < -0.3 is 5.73 Å². The first-order valence-corrected chi connectivity index (χ1v) is 7.45. The first-order chi connectivity index (χ1) is 10.2. The Morgan fingerprint density at radius 1 is 1.10 bits per heavy atom. The molecule has 0 radical (unpaired) electrons. The minimum Gasteiger partial charge on any atom is -0.368 e. The van der Waals surface area contributed by atoms with Gasteiger partial charge in [0, 0.05) is 12.3 Å². The molecule has 0 saturated heterocycles. The van der Waals surface area contributed by atoms with E-state index < -0.39 is 0 Å². The predicted molar refractivity (Wildman–Crippen MR) is 79.3 cm³/mol. The Labute approximate surface area is 123 Å². The zero-order valence-electron chi connectivity index (χ0n) is 11.9. The van der Waals surface area contributed by atoms with E-state index in [-0.39, 0.29) is 11.8 Å². The molecule has 1 aliphatic rings. The fourth-order valence-electron chi connectivity index (χ4n) is 2.91. The highest BCUT2D eigenvalue weighted by Gasteiger charge is 2.19. The number of nitrogens with two attached hydrogens (primary N) is 1. The molecule has 2 N–H and O–H groups in total. The van der Waals surface area contributed by atoms with Crippen LogP contribution in [0.15, 0.2) is 24.3 Å². The summed E-state index contributed by atoms with van der Waals surface area (Å²) in [5, 5.41) is 0. The van der Waals surface area contributed by atoms with E-state index in [1.165, 1.54) is 31.4 Å². The summed E-state index contributed by atoms with van der Waals surface area (Å²) in [5.74, 6) is 1.82. The van der Waals surface area contributed by atoms with Crippen LogP contribution in [0.5, 0.6) is 0 Å². The molecule has 0 spiro atoms. The zero-order chi connectivity index (χ0) is 14.7. The van der Waals surface area contributed by atoms with Crippen LogP contribution in [0.3, 0.4) is 0 Å². The second kappa shape index (κ2) is 6.16. The van der Waals surface area contributed by atoms with Crippen molar-refractivity contribution in [2.75, 3.05) is 5.73 Å². The van der Waals surface area contributed by atoms with Gasteiger partial charge in [0.2, 0.25) is 5.95 Å². The van der Waals surface area contributed by atoms with Crippen molar-refractivity contribution < 1.29 is 4.39 Å². The van der Waals surface area contributed by atoms with Crippen molar-refractivity contribution in [1.29, 1.82) is 0 Å². The maximum absolute atomic E-state index is 13.2. The average Bonchev–Trinajstić information content (AvgIpc) is 2.47. The molecular formula is C16H19FN4. The SMILES string of the molecule is Nc1nc(Cc2cccc(F)c2)nc(C2CCCCC2)n1. The maximum atomic E-state index is 13.2. The zero-order valence-corrected chi connectivity index (χ0v) is 11.9. The fourth-order valence-corrected chi connectivity index (χ4v) is 2.91. The summed E-state index contributed by atoms with van der Waals surface area (Å²) in [4.78, 5) is 13.0. The fraction of sp³-hybridized carbons (Fsp3) is 0.438. The minimum atomic E-state index is -0.248. The Balaban J connectivity index is 1.83. The summed E-state index contributed by atoms with van der Waals surface area (Å²) < 4.78 is 13.2. The quantitative estimate of drug-likeness (QED) is 0.940. The number of aromatic nitrogens is 3. The third-order valence-electron chi connectivity index (χ3n) is 3.94. The molecule has 1 saturated carbocycles. The van der Waals surface area contributed by atoms with Crippen molar-refractivity contribution in [3.05, 3.63) is 47.3 Å². The number of hydrogen-bond donors (Lipinski definition) is 1. The summed E-state index contributed by atoms with van der Waals surface area (Å²) >= 11 is 0. The van der Waals surface area contributed by atoms with Crippen molar-refractivity contribution in [3.8, 4) is 0 Å². The van der Waals surface area contributed by atoms with Crippen molar-refractivity contribution >= 4 is 5.95 Å². The Morgan fingerprint density at radius 2 is 1.90 bits per heavy atom. The highest BCUT2D eigenvalue weighted by atomic mass is 19.1. The molecule has 0 atom stereocenters. The monoisotopic (exact) mass is 286 g/mol. The lowest BCUT2D eigenvalue weighted by atomic mass is 9.89. The van der Waals surface area contributed by atoms with Crippen LogP contribution in [0, 0.1) is 5.82 Å². The number of benzene rings is 1. The molecule has 2 aromatic rings.